The van der Waals surface area contributed by atoms with Gasteiger partial charge in [0.15, 0.2) is 0 Å². The van der Waals surface area contributed by atoms with Gasteiger partial charge in [0.05, 0.1) is 17.9 Å². The highest BCUT2D eigenvalue weighted by Crippen LogP contribution is 2.17. The van der Waals surface area contributed by atoms with Crippen molar-refractivity contribution in [2.75, 3.05) is 12.0 Å². The molecule has 0 saturated heterocycles. The van der Waals surface area contributed by atoms with Crippen LogP contribution in [0.3, 0.4) is 0 Å². The smallest absolute Gasteiger partial charge is 0.340 e. The molecule has 0 spiro atoms. The van der Waals surface area contributed by atoms with Crippen LogP contribution in [0.15, 0.2) is 18.2 Å². The number of nitrogens with two attached hydrogens (primary N) is 1. The predicted octanol–water partition coefficient (Wildman–Crippen LogP) is 0.961. The summed E-state index contributed by atoms with van der Waals surface area (Å²) < 4.78 is 4.82. The van der Waals surface area contributed by atoms with E-state index < -0.39 is 5.97 Å². The van der Waals surface area contributed by atoms with Crippen molar-refractivity contribution in [3.05, 3.63) is 29.3 Å². The third-order valence-electron chi connectivity index (χ3n) is 1.83. The number of hydrazine groups is 1. The fraction of sp³-hybridized carbons (Fsp3) is 0.200. The molecule has 5 nitrogen and oxygen atoms in total. The van der Waals surface area contributed by atoms with E-state index in [1.807, 2.05) is 0 Å². The number of rotatable bonds is 4. The van der Waals surface area contributed by atoms with E-state index in [0.717, 1.165) is 0 Å². The molecule has 0 unspecified atom stereocenters. The summed E-state index contributed by atoms with van der Waals surface area (Å²) in [7, 11) is 0. The second-order valence-electron chi connectivity index (χ2n) is 2.79. The van der Waals surface area contributed by atoms with Gasteiger partial charge in [0, 0.05) is 5.56 Å². The van der Waals surface area contributed by atoms with E-state index in [4.69, 9.17) is 10.6 Å². The molecular weight excluding hydrogens is 196 g/mol. The van der Waals surface area contributed by atoms with E-state index in [-0.39, 0.29) is 6.61 Å². The van der Waals surface area contributed by atoms with Gasteiger partial charge in [-0.25, -0.2) is 4.79 Å². The maximum Gasteiger partial charge on any atom is 0.340 e. The molecule has 1 aromatic carbocycles. The lowest BCUT2D eigenvalue weighted by Crippen LogP contribution is -2.14. The Morgan fingerprint density at radius 2 is 2.33 bits per heavy atom. The SMILES string of the molecule is CCOC(=O)c1ccc(C=O)cc1NN. The van der Waals surface area contributed by atoms with Crippen LogP contribution in [0.5, 0.6) is 0 Å². The Balaban J connectivity index is 3.07. The number of carbonyl (C=O) groups is 2. The number of carbonyl (C=O) groups excluding carboxylic acids is 2. The third-order valence-corrected chi connectivity index (χ3v) is 1.83. The first-order chi connectivity index (χ1) is 7.22. The number of aldehydes is 1. The molecule has 0 aliphatic heterocycles. The van der Waals surface area contributed by atoms with Gasteiger partial charge in [-0.3, -0.25) is 10.6 Å². The maximum atomic E-state index is 11.4. The van der Waals surface area contributed by atoms with Crippen LogP contribution < -0.4 is 11.3 Å². The largest absolute Gasteiger partial charge is 0.462 e. The van der Waals surface area contributed by atoms with Crippen molar-refractivity contribution in [1.29, 1.82) is 0 Å². The summed E-state index contributed by atoms with van der Waals surface area (Å²) in [6.45, 7) is 2.01. The number of ether oxygens (including phenoxy) is 1. The van der Waals surface area contributed by atoms with Crippen molar-refractivity contribution < 1.29 is 14.3 Å². The standard InChI is InChI=1S/C10H12N2O3/c1-2-15-10(14)8-4-3-7(6-13)5-9(8)12-11/h3-6,12H,2,11H2,1H3. The highest BCUT2D eigenvalue weighted by atomic mass is 16.5. The highest BCUT2D eigenvalue weighted by molar-refractivity contribution is 5.96. The summed E-state index contributed by atoms with van der Waals surface area (Å²) in [5, 5.41) is 0. The van der Waals surface area contributed by atoms with Gasteiger partial charge < -0.3 is 10.2 Å². The number of nitrogen functional groups attached to an aromatic ring is 1. The fourth-order valence-electron chi connectivity index (χ4n) is 1.14. The number of benzene rings is 1. The van der Waals surface area contributed by atoms with Crippen molar-refractivity contribution in [1.82, 2.24) is 0 Å². The Morgan fingerprint density at radius 3 is 2.87 bits per heavy atom. The molecule has 5 heteroatoms. The zero-order valence-corrected chi connectivity index (χ0v) is 8.32. The number of nitrogens with one attached hydrogen (secondary N) is 1. The monoisotopic (exact) mass is 208 g/mol. The van der Waals surface area contributed by atoms with Crippen molar-refractivity contribution in [3.63, 3.8) is 0 Å². The molecule has 0 saturated carbocycles. The van der Waals surface area contributed by atoms with Crippen LogP contribution in [0.25, 0.3) is 0 Å². The predicted molar refractivity (Wildman–Crippen MR) is 55.6 cm³/mol. The molecule has 0 aliphatic carbocycles. The summed E-state index contributed by atoms with van der Waals surface area (Å²) in [5.41, 5.74) is 3.47. The van der Waals surface area contributed by atoms with Gasteiger partial charge >= 0.3 is 5.97 Å². The van der Waals surface area contributed by atoms with E-state index in [0.29, 0.717) is 23.1 Å². The summed E-state index contributed by atoms with van der Waals surface area (Å²) >= 11 is 0. The van der Waals surface area contributed by atoms with Gasteiger partial charge in [-0.1, -0.05) is 6.07 Å². The van der Waals surface area contributed by atoms with Gasteiger partial charge in [0.2, 0.25) is 0 Å². The summed E-state index contributed by atoms with van der Waals surface area (Å²) in [6, 6.07) is 4.51. The normalized spacial score (nSPS) is 9.47. The van der Waals surface area contributed by atoms with E-state index in [1.54, 1.807) is 6.92 Å². The van der Waals surface area contributed by atoms with Gasteiger partial charge in [-0.15, -0.1) is 0 Å². The average molecular weight is 208 g/mol. The summed E-state index contributed by atoms with van der Waals surface area (Å²) in [5.74, 6) is 4.76. The number of esters is 1. The molecule has 0 radical (unpaired) electrons. The minimum atomic E-state index is -0.470. The molecule has 3 N–H and O–H groups in total. The van der Waals surface area contributed by atoms with Crippen molar-refractivity contribution in [2.45, 2.75) is 6.92 Å². The lowest BCUT2D eigenvalue weighted by Gasteiger charge is -2.08. The molecule has 1 aromatic rings. The van der Waals surface area contributed by atoms with Gasteiger partial charge in [0.1, 0.15) is 6.29 Å². The molecule has 15 heavy (non-hydrogen) atoms. The maximum absolute atomic E-state index is 11.4. The van der Waals surface area contributed by atoms with E-state index >= 15 is 0 Å². The number of hydrogen-bond acceptors (Lipinski definition) is 5. The van der Waals surface area contributed by atoms with Crippen LogP contribution in [-0.2, 0) is 4.74 Å². The Bertz CT molecular complexity index is 377. The Hall–Kier alpha value is -1.88. The van der Waals surface area contributed by atoms with E-state index in [1.165, 1.54) is 18.2 Å². The van der Waals surface area contributed by atoms with E-state index in [2.05, 4.69) is 5.43 Å². The Morgan fingerprint density at radius 1 is 1.60 bits per heavy atom. The molecule has 0 fully saturated rings. The number of anilines is 1. The Kier molecular flexibility index (Phi) is 3.82. The highest BCUT2D eigenvalue weighted by Gasteiger charge is 2.11. The molecule has 0 aromatic heterocycles. The minimum absolute atomic E-state index is 0.290. The zero-order chi connectivity index (χ0) is 11.3. The van der Waals surface area contributed by atoms with Crippen LogP contribution in [-0.4, -0.2) is 18.9 Å². The lowest BCUT2D eigenvalue weighted by molar-refractivity contribution is 0.0527. The molecular formula is C10H12N2O3. The van der Waals surface area contributed by atoms with E-state index in [9.17, 15) is 9.59 Å². The molecule has 1 rings (SSSR count). The first-order valence-corrected chi connectivity index (χ1v) is 4.46. The lowest BCUT2D eigenvalue weighted by atomic mass is 10.1. The summed E-state index contributed by atoms with van der Waals surface area (Å²) in [6.07, 6.45) is 0.676. The minimum Gasteiger partial charge on any atom is -0.462 e. The van der Waals surface area contributed by atoms with Crippen molar-refractivity contribution >= 4 is 17.9 Å². The molecule has 0 amide bonds. The molecule has 0 bridgehead atoms. The molecule has 0 heterocycles. The van der Waals surface area contributed by atoms with Crippen molar-refractivity contribution in [3.8, 4) is 0 Å². The van der Waals surface area contributed by atoms with Crippen LogP contribution in [0.2, 0.25) is 0 Å². The van der Waals surface area contributed by atoms with Crippen LogP contribution in [0, 0.1) is 0 Å². The van der Waals surface area contributed by atoms with Gasteiger partial charge in [0.25, 0.3) is 0 Å². The number of hydrogen-bond donors (Lipinski definition) is 2. The van der Waals surface area contributed by atoms with Gasteiger partial charge in [-0.05, 0) is 19.1 Å². The van der Waals surface area contributed by atoms with Crippen molar-refractivity contribution in [2.24, 2.45) is 5.84 Å². The second kappa shape index (κ2) is 5.11. The fourth-order valence-corrected chi connectivity index (χ4v) is 1.14. The first-order valence-electron chi connectivity index (χ1n) is 4.46. The molecule has 0 atom stereocenters. The first kappa shape index (κ1) is 11.2. The topological polar surface area (TPSA) is 81.4 Å². The third kappa shape index (κ3) is 2.54. The van der Waals surface area contributed by atoms with Crippen LogP contribution in [0.1, 0.15) is 27.6 Å². The van der Waals surface area contributed by atoms with Crippen LogP contribution >= 0.6 is 0 Å². The average Bonchev–Trinajstić information content (AvgIpc) is 2.28. The molecule has 0 aliphatic rings. The zero-order valence-electron chi connectivity index (χ0n) is 8.32. The Labute approximate surface area is 87.2 Å². The quantitative estimate of drug-likeness (QED) is 0.333. The van der Waals surface area contributed by atoms with Crippen LogP contribution in [0.4, 0.5) is 5.69 Å². The molecule has 80 valence electrons. The second-order valence-corrected chi connectivity index (χ2v) is 2.79. The summed E-state index contributed by atoms with van der Waals surface area (Å²) in [4.78, 5) is 21.9. The van der Waals surface area contributed by atoms with Gasteiger partial charge in [-0.2, -0.15) is 0 Å².